The third-order valence-corrected chi connectivity index (χ3v) is 5.03. The number of piperidine rings is 1. The van der Waals surface area contributed by atoms with Gasteiger partial charge < -0.3 is 24.2 Å². The Bertz CT molecular complexity index is 670. The Morgan fingerprint density at radius 3 is 2.70 bits per heavy atom. The number of amides is 1. The lowest BCUT2D eigenvalue weighted by Gasteiger charge is -2.39. The van der Waals surface area contributed by atoms with Crippen molar-refractivity contribution in [2.45, 2.75) is 50.9 Å². The minimum atomic E-state index is -1.64. The van der Waals surface area contributed by atoms with Gasteiger partial charge in [-0.1, -0.05) is 0 Å². The summed E-state index contributed by atoms with van der Waals surface area (Å²) in [5, 5.41) is 11.1. The van der Waals surface area contributed by atoms with E-state index in [1.54, 1.807) is 6.92 Å². The zero-order valence-corrected chi connectivity index (χ0v) is 15.4. The summed E-state index contributed by atoms with van der Waals surface area (Å²) < 4.78 is 44.8. The number of hydrogen-bond donors (Lipinski definition) is 1. The van der Waals surface area contributed by atoms with Crippen molar-refractivity contribution in [3.05, 3.63) is 29.3 Å². The molecule has 2 saturated heterocycles. The topological polar surface area (TPSA) is 68.2 Å². The summed E-state index contributed by atoms with van der Waals surface area (Å²) in [6.07, 6.45) is 1.56. The molecule has 0 aliphatic carbocycles. The van der Waals surface area contributed by atoms with Crippen molar-refractivity contribution in [3.8, 4) is 5.75 Å². The lowest BCUT2D eigenvalue weighted by Crippen LogP contribution is -2.46. The molecule has 1 aromatic rings. The molecule has 0 spiro atoms. The highest BCUT2D eigenvalue weighted by Crippen LogP contribution is 2.41. The summed E-state index contributed by atoms with van der Waals surface area (Å²) in [4.78, 5) is 13.3. The van der Waals surface area contributed by atoms with Gasteiger partial charge >= 0.3 is 6.09 Å². The molecule has 1 unspecified atom stereocenters. The molecule has 150 valence electrons. The first-order chi connectivity index (χ1) is 12.9. The second-order valence-electron chi connectivity index (χ2n) is 6.87. The van der Waals surface area contributed by atoms with E-state index in [4.69, 9.17) is 14.2 Å². The van der Waals surface area contributed by atoms with Crippen molar-refractivity contribution in [1.82, 2.24) is 4.90 Å². The molecule has 0 aromatic heterocycles. The summed E-state index contributed by atoms with van der Waals surface area (Å²) in [5.41, 5.74) is -1.85. The SMILES string of the molecule is CCOC(=O)N1CCC(O)(c2c(OC3CCCCO3)ccc(F)c2F)CC1. The van der Waals surface area contributed by atoms with Crippen LogP contribution in [0, 0.1) is 11.6 Å². The normalized spacial score (nSPS) is 22.4. The first-order valence-corrected chi connectivity index (χ1v) is 9.35. The van der Waals surface area contributed by atoms with Gasteiger partial charge in [-0.3, -0.25) is 0 Å². The van der Waals surface area contributed by atoms with E-state index in [2.05, 4.69) is 0 Å². The summed E-state index contributed by atoms with van der Waals surface area (Å²) in [7, 11) is 0. The summed E-state index contributed by atoms with van der Waals surface area (Å²) in [5.74, 6) is -2.11. The standard InChI is InChI=1S/C19H25F2NO5/c1-2-25-18(23)22-10-8-19(24,9-11-22)16-14(7-6-13(20)17(16)21)27-15-5-3-4-12-26-15/h6-7,15,24H,2-5,8-12H2,1H3. The predicted octanol–water partition coefficient (Wildman–Crippen LogP) is 3.31. The molecule has 2 fully saturated rings. The quantitative estimate of drug-likeness (QED) is 0.861. The van der Waals surface area contributed by atoms with Gasteiger partial charge in [0.15, 0.2) is 17.9 Å². The average Bonchev–Trinajstić information content (AvgIpc) is 2.66. The Morgan fingerprint density at radius 2 is 2.07 bits per heavy atom. The zero-order valence-electron chi connectivity index (χ0n) is 15.4. The Hall–Kier alpha value is -1.93. The second-order valence-corrected chi connectivity index (χ2v) is 6.87. The minimum absolute atomic E-state index is 0.0497. The van der Waals surface area contributed by atoms with Crippen LogP contribution in [0.1, 0.15) is 44.6 Å². The Kier molecular flexibility index (Phi) is 6.16. The maximum absolute atomic E-state index is 14.7. The Labute approximate surface area is 157 Å². The van der Waals surface area contributed by atoms with E-state index in [9.17, 15) is 18.7 Å². The third kappa shape index (κ3) is 4.32. The predicted molar refractivity (Wildman–Crippen MR) is 92.3 cm³/mol. The van der Waals surface area contributed by atoms with Crippen LogP contribution < -0.4 is 4.74 Å². The molecule has 27 heavy (non-hydrogen) atoms. The van der Waals surface area contributed by atoms with Crippen molar-refractivity contribution in [2.24, 2.45) is 0 Å². The van der Waals surface area contributed by atoms with E-state index >= 15 is 0 Å². The molecule has 1 atom stereocenters. The maximum Gasteiger partial charge on any atom is 0.409 e. The van der Waals surface area contributed by atoms with Crippen molar-refractivity contribution in [1.29, 1.82) is 0 Å². The van der Waals surface area contributed by atoms with E-state index in [1.165, 1.54) is 11.0 Å². The number of carbonyl (C=O) groups is 1. The molecule has 8 heteroatoms. The van der Waals surface area contributed by atoms with Gasteiger partial charge in [0.1, 0.15) is 5.75 Å². The molecule has 3 rings (SSSR count). The van der Waals surface area contributed by atoms with E-state index in [1.807, 2.05) is 0 Å². The van der Waals surface area contributed by atoms with Gasteiger partial charge in [0, 0.05) is 19.5 Å². The molecule has 1 N–H and O–H groups in total. The fourth-order valence-corrected chi connectivity index (χ4v) is 3.53. The number of benzene rings is 1. The molecule has 2 heterocycles. The van der Waals surface area contributed by atoms with Crippen LogP contribution in [0.5, 0.6) is 5.75 Å². The number of likely N-dealkylation sites (tertiary alicyclic amines) is 1. The largest absolute Gasteiger partial charge is 0.464 e. The van der Waals surface area contributed by atoms with Gasteiger partial charge in [0.05, 0.1) is 24.4 Å². The molecule has 1 amide bonds. The van der Waals surface area contributed by atoms with E-state index in [-0.39, 0.29) is 43.9 Å². The molecule has 0 radical (unpaired) electrons. The Balaban J connectivity index is 1.82. The van der Waals surface area contributed by atoms with Crippen molar-refractivity contribution in [3.63, 3.8) is 0 Å². The van der Waals surface area contributed by atoms with Gasteiger partial charge in [-0.2, -0.15) is 0 Å². The fourth-order valence-electron chi connectivity index (χ4n) is 3.53. The van der Waals surface area contributed by atoms with Gasteiger partial charge in [0.25, 0.3) is 0 Å². The number of hydrogen-bond acceptors (Lipinski definition) is 5. The number of nitrogens with zero attached hydrogens (tertiary/aromatic N) is 1. The highest BCUT2D eigenvalue weighted by molar-refractivity contribution is 5.67. The van der Waals surface area contributed by atoms with Crippen LogP contribution in [-0.4, -0.2) is 48.7 Å². The van der Waals surface area contributed by atoms with Gasteiger partial charge in [-0.15, -0.1) is 0 Å². The first-order valence-electron chi connectivity index (χ1n) is 9.35. The highest BCUT2D eigenvalue weighted by Gasteiger charge is 2.41. The molecule has 2 aliphatic heterocycles. The average molecular weight is 385 g/mol. The molecule has 0 saturated carbocycles. The number of halogens is 2. The van der Waals surface area contributed by atoms with Crippen LogP contribution in [0.4, 0.5) is 13.6 Å². The van der Waals surface area contributed by atoms with Crippen molar-refractivity contribution < 1.29 is 32.9 Å². The zero-order chi connectivity index (χ0) is 19.4. The molecule has 0 bridgehead atoms. The van der Waals surface area contributed by atoms with Crippen molar-refractivity contribution >= 4 is 6.09 Å². The lowest BCUT2D eigenvalue weighted by atomic mass is 9.83. The molecular formula is C19H25F2NO5. The molecule has 2 aliphatic rings. The van der Waals surface area contributed by atoms with Crippen LogP contribution >= 0.6 is 0 Å². The molecule has 1 aromatic carbocycles. The highest BCUT2D eigenvalue weighted by atomic mass is 19.2. The van der Waals surface area contributed by atoms with E-state index in [0.717, 1.165) is 18.9 Å². The summed E-state index contributed by atoms with van der Waals surface area (Å²) in [6, 6.07) is 2.30. The van der Waals surface area contributed by atoms with Crippen molar-refractivity contribution in [2.75, 3.05) is 26.3 Å². The number of carbonyl (C=O) groups excluding carboxylic acids is 1. The second kappa shape index (κ2) is 8.39. The lowest BCUT2D eigenvalue weighted by molar-refractivity contribution is -0.109. The smallest absolute Gasteiger partial charge is 0.409 e. The number of rotatable bonds is 4. The maximum atomic E-state index is 14.7. The van der Waals surface area contributed by atoms with Crippen LogP contribution in [0.15, 0.2) is 12.1 Å². The van der Waals surface area contributed by atoms with Gasteiger partial charge in [0.2, 0.25) is 0 Å². The molecule has 6 nitrogen and oxygen atoms in total. The fraction of sp³-hybridized carbons (Fsp3) is 0.632. The summed E-state index contributed by atoms with van der Waals surface area (Å²) in [6.45, 7) is 2.84. The van der Waals surface area contributed by atoms with Crippen LogP contribution in [-0.2, 0) is 15.1 Å². The van der Waals surface area contributed by atoms with E-state index < -0.39 is 29.6 Å². The van der Waals surface area contributed by atoms with Crippen LogP contribution in [0.2, 0.25) is 0 Å². The first kappa shape index (κ1) is 19.8. The van der Waals surface area contributed by atoms with Crippen LogP contribution in [0.3, 0.4) is 0 Å². The molecular weight excluding hydrogens is 360 g/mol. The third-order valence-electron chi connectivity index (χ3n) is 5.03. The Morgan fingerprint density at radius 1 is 1.33 bits per heavy atom. The van der Waals surface area contributed by atoms with E-state index in [0.29, 0.717) is 13.0 Å². The minimum Gasteiger partial charge on any atom is -0.464 e. The van der Waals surface area contributed by atoms with Gasteiger partial charge in [-0.25, -0.2) is 13.6 Å². The van der Waals surface area contributed by atoms with Gasteiger partial charge in [-0.05, 0) is 44.7 Å². The monoisotopic (exact) mass is 385 g/mol. The number of ether oxygens (including phenoxy) is 3. The van der Waals surface area contributed by atoms with Crippen LogP contribution in [0.25, 0.3) is 0 Å². The summed E-state index contributed by atoms with van der Waals surface area (Å²) >= 11 is 0. The number of aliphatic hydroxyl groups is 1.